The molecule has 0 saturated heterocycles. The van der Waals surface area contributed by atoms with Crippen molar-refractivity contribution in [2.45, 2.75) is 142 Å². The van der Waals surface area contributed by atoms with Gasteiger partial charge in [-0.05, 0) is 62.1 Å². The molecule has 55 heavy (non-hydrogen) atoms. The number of benzene rings is 2. The van der Waals surface area contributed by atoms with Gasteiger partial charge >= 0.3 is 10.4 Å². The van der Waals surface area contributed by atoms with Crippen LogP contribution in [0.2, 0.25) is 0 Å². The number of hydrogen-bond acceptors (Lipinski definition) is 10. The molecule has 0 aliphatic carbocycles. The van der Waals surface area contributed by atoms with Gasteiger partial charge in [-0.15, -0.1) is 13.2 Å². The zero-order valence-corrected chi connectivity index (χ0v) is 34.9. The molecule has 4 atom stereocenters. The standard InChI is InChI=1S/C44H70O10S/c1-7-11-13-15-17-19-21-43(47-31-9-3)39-23-27-41(28-24-39)49-33-37(5)51-35-53-55(45,46)54-36-52-38(6)34-50-42-29-25-40(26-30-42)44(48-32-10-4)22-20-18-16-14-12-8-2/h9-10,23-30,37-38,43-44H,3-4,7-8,11-22,31-36H2,1-2,5-6H3. The molecule has 0 saturated carbocycles. The lowest BCUT2D eigenvalue weighted by atomic mass is 10.0. The van der Waals surface area contributed by atoms with E-state index in [4.69, 9.17) is 36.8 Å². The van der Waals surface area contributed by atoms with Crippen molar-refractivity contribution in [3.05, 3.63) is 85.0 Å². The van der Waals surface area contributed by atoms with E-state index in [-0.39, 0.29) is 25.4 Å². The minimum atomic E-state index is -4.34. The fourth-order valence-corrected chi connectivity index (χ4v) is 6.22. The molecule has 0 amide bonds. The highest BCUT2D eigenvalue weighted by atomic mass is 32.3. The molecule has 0 heterocycles. The smallest absolute Gasteiger partial charge is 0.404 e. The van der Waals surface area contributed by atoms with Gasteiger partial charge in [0.1, 0.15) is 24.7 Å². The van der Waals surface area contributed by atoms with Gasteiger partial charge in [-0.2, -0.15) is 8.42 Å². The molecule has 0 fully saturated rings. The van der Waals surface area contributed by atoms with Crippen LogP contribution in [0, 0.1) is 0 Å². The van der Waals surface area contributed by atoms with Crippen molar-refractivity contribution in [3.8, 4) is 11.5 Å². The van der Waals surface area contributed by atoms with Crippen LogP contribution < -0.4 is 9.47 Å². The molecule has 0 bridgehead atoms. The SMILES string of the molecule is C=CCOC(CCCCCCCC)c1ccc(OCC(C)OCOS(=O)(=O)OCOC(C)COc2ccc(C(CCCCCCCC)OCC=C)cc2)cc1. The van der Waals surface area contributed by atoms with Crippen LogP contribution in [-0.2, 0) is 37.7 Å². The molecule has 10 nitrogen and oxygen atoms in total. The predicted octanol–water partition coefficient (Wildman–Crippen LogP) is 11.1. The fraction of sp³-hybridized carbons (Fsp3) is 0.636. The van der Waals surface area contributed by atoms with Crippen LogP contribution in [-0.4, -0.2) is 60.6 Å². The van der Waals surface area contributed by atoms with Gasteiger partial charge < -0.3 is 28.4 Å². The van der Waals surface area contributed by atoms with Crippen LogP contribution in [0.4, 0.5) is 0 Å². The summed E-state index contributed by atoms with van der Waals surface area (Å²) in [7, 11) is -4.34. The molecular formula is C44H70O10S. The highest BCUT2D eigenvalue weighted by Crippen LogP contribution is 2.28. The summed E-state index contributed by atoms with van der Waals surface area (Å²) < 4.78 is 68.8. The monoisotopic (exact) mass is 790 g/mol. The molecule has 4 unspecified atom stereocenters. The van der Waals surface area contributed by atoms with Crippen molar-refractivity contribution < 1.29 is 45.2 Å². The Labute approximate surface area is 333 Å². The van der Waals surface area contributed by atoms with Gasteiger partial charge in [0.15, 0.2) is 13.6 Å². The highest BCUT2D eigenvalue weighted by Gasteiger charge is 2.17. The summed E-state index contributed by atoms with van der Waals surface area (Å²) >= 11 is 0. The van der Waals surface area contributed by atoms with E-state index in [0.29, 0.717) is 24.7 Å². The molecule has 0 radical (unpaired) electrons. The highest BCUT2D eigenvalue weighted by molar-refractivity contribution is 7.81. The van der Waals surface area contributed by atoms with Gasteiger partial charge in [-0.3, -0.25) is 0 Å². The van der Waals surface area contributed by atoms with Gasteiger partial charge in [0.05, 0.1) is 37.6 Å². The zero-order chi connectivity index (χ0) is 40.0. The van der Waals surface area contributed by atoms with E-state index >= 15 is 0 Å². The van der Waals surface area contributed by atoms with Gasteiger partial charge in [-0.25, -0.2) is 8.37 Å². The maximum Gasteiger partial charge on any atom is 0.404 e. The number of ether oxygens (including phenoxy) is 6. The zero-order valence-electron chi connectivity index (χ0n) is 34.1. The Morgan fingerprint density at radius 3 is 1.27 bits per heavy atom. The lowest BCUT2D eigenvalue weighted by molar-refractivity contribution is -0.0685. The lowest BCUT2D eigenvalue weighted by Gasteiger charge is -2.19. The van der Waals surface area contributed by atoms with Crippen LogP contribution in [0.1, 0.15) is 141 Å². The molecule has 11 heteroatoms. The average Bonchev–Trinajstić information content (AvgIpc) is 3.18. The third-order valence-electron chi connectivity index (χ3n) is 9.03. The average molecular weight is 791 g/mol. The van der Waals surface area contributed by atoms with E-state index in [1.165, 1.54) is 64.2 Å². The first-order valence-electron chi connectivity index (χ1n) is 20.4. The Kier molecular flexibility index (Phi) is 26.7. The third-order valence-corrected chi connectivity index (χ3v) is 9.80. The molecule has 0 aromatic heterocycles. The van der Waals surface area contributed by atoms with E-state index in [1.807, 2.05) is 48.5 Å². The second kappa shape index (κ2) is 30.4. The Morgan fingerprint density at radius 1 is 0.545 bits per heavy atom. The second-order valence-electron chi connectivity index (χ2n) is 13.9. The lowest BCUT2D eigenvalue weighted by Crippen LogP contribution is -2.24. The molecule has 0 N–H and O–H groups in total. The summed E-state index contributed by atoms with van der Waals surface area (Å²) in [4.78, 5) is 0. The van der Waals surface area contributed by atoms with Gasteiger partial charge in [0.25, 0.3) is 0 Å². The van der Waals surface area contributed by atoms with Crippen molar-refractivity contribution >= 4 is 10.4 Å². The molecule has 2 aromatic rings. The topological polar surface area (TPSA) is 108 Å². The quantitative estimate of drug-likeness (QED) is 0.0376. The summed E-state index contributed by atoms with van der Waals surface area (Å²) in [5, 5.41) is 0. The van der Waals surface area contributed by atoms with Crippen molar-refractivity contribution in [2.75, 3.05) is 40.0 Å². The number of unbranched alkanes of at least 4 members (excludes halogenated alkanes) is 10. The predicted molar refractivity (Wildman–Crippen MR) is 220 cm³/mol. The fourth-order valence-electron chi connectivity index (χ4n) is 5.80. The normalized spacial score (nSPS) is 13.9. The minimum Gasteiger partial charge on any atom is -0.491 e. The second-order valence-corrected chi connectivity index (χ2v) is 15.2. The molecule has 312 valence electrons. The Morgan fingerprint density at radius 2 is 0.909 bits per heavy atom. The van der Waals surface area contributed by atoms with Crippen LogP contribution in [0.25, 0.3) is 0 Å². The summed E-state index contributed by atoms with van der Waals surface area (Å²) in [6.07, 6.45) is 19.4. The summed E-state index contributed by atoms with van der Waals surface area (Å²) in [5.41, 5.74) is 2.19. The van der Waals surface area contributed by atoms with E-state index < -0.39 is 36.2 Å². The van der Waals surface area contributed by atoms with E-state index in [1.54, 1.807) is 26.0 Å². The minimum absolute atomic E-state index is 0.00776. The van der Waals surface area contributed by atoms with Crippen molar-refractivity contribution in [1.29, 1.82) is 0 Å². The van der Waals surface area contributed by atoms with Crippen LogP contribution in [0.15, 0.2) is 73.8 Å². The first-order valence-corrected chi connectivity index (χ1v) is 21.7. The van der Waals surface area contributed by atoms with Crippen molar-refractivity contribution in [1.82, 2.24) is 0 Å². The summed E-state index contributed by atoms with van der Waals surface area (Å²) in [6, 6.07) is 15.7. The van der Waals surface area contributed by atoms with Crippen LogP contribution in [0.3, 0.4) is 0 Å². The molecular weight excluding hydrogens is 721 g/mol. The van der Waals surface area contributed by atoms with E-state index in [2.05, 4.69) is 27.0 Å². The molecule has 0 spiro atoms. The van der Waals surface area contributed by atoms with Crippen molar-refractivity contribution in [3.63, 3.8) is 0 Å². The van der Waals surface area contributed by atoms with E-state index in [0.717, 1.165) is 36.8 Å². The largest absolute Gasteiger partial charge is 0.491 e. The Hall–Kier alpha value is -2.77. The van der Waals surface area contributed by atoms with Gasteiger partial charge in [-0.1, -0.05) is 127 Å². The van der Waals surface area contributed by atoms with Gasteiger partial charge in [0.2, 0.25) is 0 Å². The molecule has 2 rings (SSSR count). The first kappa shape index (κ1) is 48.4. The summed E-state index contributed by atoms with van der Waals surface area (Å²) in [6.45, 7) is 15.9. The first-order chi connectivity index (χ1) is 26.7. The third kappa shape index (κ3) is 23.2. The Balaban J connectivity index is 1.65. The maximum atomic E-state index is 12.2. The molecule has 2 aromatic carbocycles. The van der Waals surface area contributed by atoms with Gasteiger partial charge in [0, 0.05) is 0 Å². The summed E-state index contributed by atoms with van der Waals surface area (Å²) in [5.74, 6) is 1.35. The Bertz CT molecular complexity index is 1250. The van der Waals surface area contributed by atoms with Crippen LogP contribution in [0.5, 0.6) is 11.5 Å². The number of hydrogen-bond donors (Lipinski definition) is 0. The van der Waals surface area contributed by atoms with Crippen LogP contribution >= 0.6 is 0 Å². The molecule has 0 aliphatic heterocycles. The molecule has 0 aliphatic rings. The number of rotatable bonds is 36. The van der Waals surface area contributed by atoms with E-state index in [9.17, 15) is 8.42 Å². The van der Waals surface area contributed by atoms with Crippen molar-refractivity contribution in [2.24, 2.45) is 0 Å². The maximum absolute atomic E-state index is 12.2.